The van der Waals surface area contributed by atoms with Crippen LogP contribution in [-0.2, 0) is 4.74 Å². The zero-order valence-corrected chi connectivity index (χ0v) is 12.1. The maximum atomic E-state index is 12.2. The van der Waals surface area contributed by atoms with Gasteiger partial charge in [-0.2, -0.15) is 0 Å². The van der Waals surface area contributed by atoms with Gasteiger partial charge in [-0.05, 0) is 38.2 Å². The maximum Gasteiger partial charge on any atom is 0.179 e. The molecule has 5 heteroatoms. The smallest absolute Gasteiger partial charge is 0.179 e. The summed E-state index contributed by atoms with van der Waals surface area (Å²) in [6, 6.07) is 6.67. The highest BCUT2D eigenvalue weighted by Crippen LogP contribution is 2.12. The van der Waals surface area contributed by atoms with Gasteiger partial charge in [0.2, 0.25) is 0 Å². The van der Waals surface area contributed by atoms with Gasteiger partial charge in [-0.3, -0.25) is 9.69 Å². The highest BCUT2D eigenvalue weighted by Gasteiger charge is 2.19. The van der Waals surface area contributed by atoms with Crippen molar-refractivity contribution in [1.29, 1.82) is 0 Å². The van der Waals surface area contributed by atoms with Gasteiger partial charge in [0.15, 0.2) is 5.78 Å². The monoisotopic (exact) mass is 285 g/mol. The summed E-state index contributed by atoms with van der Waals surface area (Å²) in [5, 5.41) is 9.22. The third-order valence-electron chi connectivity index (χ3n) is 2.99. The lowest BCUT2D eigenvalue weighted by Gasteiger charge is -2.23. The molecule has 1 rings (SSSR count). The molecule has 0 aromatic heterocycles. The van der Waals surface area contributed by atoms with Crippen LogP contribution in [0.1, 0.15) is 17.3 Å². The number of hydrogen-bond donors (Lipinski definition) is 1. The molecule has 0 spiro atoms. The number of aliphatic hydroxyl groups excluding tert-OH is 1. The summed E-state index contributed by atoms with van der Waals surface area (Å²) in [5.74, 6) is 0.0568. The average Bonchev–Trinajstić information content (AvgIpc) is 2.42. The number of carbonyl (C=O) groups excluding carboxylic acids is 1. The number of carbonyl (C=O) groups is 1. The predicted octanol–water partition coefficient (Wildman–Crippen LogP) is 1.85. The quantitative estimate of drug-likeness (QED) is 0.585. The van der Waals surface area contributed by atoms with Crippen molar-refractivity contribution in [3.63, 3.8) is 0 Å². The first-order valence-electron chi connectivity index (χ1n) is 6.25. The highest BCUT2D eigenvalue weighted by atomic mass is 35.5. The molecule has 0 amide bonds. The van der Waals surface area contributed by atoms with Gasteiger partial charge in [-0.15, -0.1) is 0 Å². The van der Waals surface area contributed by atoms with Crippen LogP contribution in [0.15, 0.2) is 24.3 Å². The van der Waals surface area contributed by atoms with E-state index < -0.39 is 0 Å². The third kappa shape index (κ3) is 5.28. The molecular formula is C14H20ClNO3. The van der Waals surface area contributed by atoms with Gasteiger partial charge in [0.05, 0.1) is 25.9 Å². The highest BCUT2D eigenvalue weighted by molar-refractivity contribution is 6.30. The minimum Gasteiger partial charge on any atom is -0.394 e. The van der Waals surface area contributed by atoms with E-state index in [4.69, 9.17) is 21.4 Å². The van der Waals surface area contributed by atoms with Gasteiger partial charge in [-0.1, -0.05) is 11.6 Å². The number of hydrogen-bond acceptors (Lipinski definition) is 4. The Morgan fingerprint density at radius 3 is 2.58 bits per heavy atom. The number of halogens is 1. The van der Waals surface area contributed by atoms with Gasteiger partial charge in [-0.25, -0.2) is 0 Å². The van der Waals surface area contributed by atoms with Crippen LogP contribution in [-0.4, -0.2) is 55.2 Å². The Hall–Kier alpha value is -0.940. The van der Waals surface area contributed by atoms with E-state index in [0.29, 0.717) is 30.3 Å². The lowest BCUT2D eigenvalue weighted by molar-refractivity contribution is 0.0650. The van der Waals surface area contributed by atoms with Crippen LogP contribution in [0.5, 0.6) is 0 Å². The maximum absolute atomic E-state index is 12.2. The number of ether oxygens (including phenoxy) is 1. The fourth-order valence-corrected chi connectivity index (χ4v) is 1.75. The first kappa shape index (κ1) is 16.1. The zero-order chi connectivity index (χ0) is 14.3. The van der Waals surface area contributed by atoms with E-state index in [9.17, 15) is 4.79 Å². The fourth-order valence-electron chi connectivity index (χ4n) is 1.62. The van der Waals surface area contributed by atoms with E-state index in [-0.39, 0.29) is 18.4 Å². The molecule has 106 valence electrons. The molecule has 0 heterocycles. The molecule has 1 N–H and O–H groups in total. The van der Waals surface area contributed by atoms with Crippen molar-refractivity contribution < 1.29 is 14.6 Å². The molecule has 0 aliphatic carbocycles. The summed E-state index contributed by atoms with van der Waals surface area (Å²) < 4.78 is 5.18. The summed E-state index contributed by atoms with van der Waals surface area (Å²) >= 11 is 5.80. The summed E-state index contributed by atoms with van der Waals surface area (Å²) in [6.07, 6.45) is 0. The second-order valence-corrected chi connectivity index (χ2v) is 4.80. The third-order valence-corrected chi connectivity index (χ3v) is 3.25. The summed E-state index contributed by atoms with van der Waals surface area (Å²) in [4.78, 5) is 14.1. The number of nitrogens with zero attached hydrogens (tertiary/aromatic N) is 1. The van der Waals surface area contributed by atoms with Crippen molar-refractivity contribution in [3.8, 4) is 0 Å². The minimum absolute atomic E-state index is 0.0168. The summed E-state index contributed by atoms with van der Waals surface area (Å²) in [5.41, 5.74) is 0.653. The van der Waals surface area contributed by atoms with Crippen LogP contribution in [0.3, 0.4) is 0 Å². The van der Waals surface area contributed by atoms with Crippen LogP contribution in [0, 0.1) is 0 Å². The second kappa shape index (κ2) is 8.27. The van der Waals surface area contributed by atoms with E-state index in [2.05, 4.69) is 0 Å². The van der Waals surface area contributed by atoms with Crippen LogP contribution < -0.4 is 0 Å². The van der Waals surface area contributed by atoms with Crippen molar-refractivity contribution in [2.24, 2.45) is 0 Å². The number of rotatable bonds is 8. The van der Waals surface area contributed by atoms with Gasteiger partial charge in [0, 0.05) is 17.1 Å². The van der Waals surface area contributed by atoms with Crippen molar-refractivity contribution in [3.05, 3.63) is 34.9 Å². The lowest BCUT2D eigenvalue weighted by atomic mass is 10.0. The molecule has 4 nitrogen and oxygen atoms in total. The Morgan fingerprint density at radius 1 is 1.37 bits per heavy atom. The molecule has 1 aromatic rings. The molecule has 19 heavy (non-hydrogen) atoms. The first-order chi connectivity index (χ1) is 9.06. The number of Topliss-reactive ketones (excluding diaryl/α,β-unsaturated/α-hetero) is 1. The Kier molecular flexibility index (Phi) is 7.02. The average molecular weight is 286 g/mol. The molecular weight excluding hydrogens is 266 g/mol. The molecule has 1 unspecified atom stereocenters. The van der Waals surface area contributed by atoms with Crippen molar-refractivity contribution >= 4 is 17.4 Å². The number of likely N-dealkylation sites (N-methyl/N-ethyl adjacent to an activating group) is 1. The van der Waals surface area contributed by atoms with E-state index in [0.717, 1.165) is 0 Å². The van der Waals surface area contributed by atoms with Gasteiger partial charge < -0.3 is 9.84 Å². The van der Waals surface area contributed by atoms with Gasteiger partial charge in [0.1, 0.15) is 0 Å². The van der Waals surface area contributed by atoms with E-state index in [1.54, 1.807) is 24.3 Å². The predicted molar refractivity (Wildman–Crippen MR) is 75.8 cm³/mol. The molecule has 0 aliphatic heterocycles. The fraction of sp³-hybridized carbons (Fsp3) is 0.500. The van der Waals surface area contributed by atoms with E-state index >= 15 is 0 Å². The summed E-state index contributed by atoms with van der Waals surface area (Å²) in [6.45, 7) is 3.34. The topological polar surface area (TPSA) is 49.8 Å². The zero-order valence-electron chi connectivity index (χ0n) is 11.3. The Labute approximate surface area is 118 Å². The molecule has 1 atom stereocenters. The van der Waals surface area contributed by atoms with Crippen LogP contribution in [0.25, 0.3) is 0 Å². The van der Waals surface area contributed by atoms with Crippen molar-refractivity contribution in [2.75, 3.05) is 33.4 Å². The molecule has 0 saturated carbocycles. The van der Waals surface area contributed by atoms with Gasteiger partial charge in [0.25, 0.3) is 0 Å². The van der Waals surface area contributed by atoms with Crippen LogP contribution >= 0.6 is 11.6 Å². The van der Waals surface area contributed by atoms with Crippen LogP contribution in [0.4, 0.5) is 0 Å². The molecule has 0 radical (unpaired) electrons. The minimum atomic E-state index is -0.223. The van der Waals surface area contributed by atoms with Crippen molar-refractivity contribution in [1.82, 2.24) is 4.90 Å². The molecule has 0 fully saturated rings. The SMILES string of the molecule is CC(C(=O)c1ccc(Cl)cc1)N(C)CCOCCO. The normalized spacial score (nSPS) is 12.7. The number of benzene rings is 1. The molecule has 0 aliphatic rings. The number of aliphatic hydroxyl groups is 1. The summed E-state index contributed by atoms with van der Waals surface area (Å²) in [7, 11) is 1.88. The molecule has 0 bridgehead atoms. The van der Waals surface area contributed by atoms with Crippen LogP contribution in [0.2, 0.25) is 5.02 Å². The van der Waals surface area contributed by atoms with E-state index in [1.165, 1.54) is 0 Å². The van der Waals surface area contributed by atoms with Crippen molar-refractivity contribution in [2.45, 2.75) is 13.0 Å². The Balaban J connectivity index is 2.49. The second-order valence-electron chi connectivity index (χ2n) is 4.36. The Morgan fingerprint density at radius 2 is 2.00 bits per heavy atom. The number of ketones is 1. The standard InChI is InChI=1S/C14H20ClNO3/c1-11(16(2)7-9-19-10-8-17)14(18)12-3-5-13(15)6-4-12/h3-6,11,17H,7-10H2,1-2H3. The van der Waals surface area contributed by atoms with Gasteiger partial charge >= 0.3 is 0 Å². The lowest BCUT2D eigenvalue weighted by Crippen LogP contribution is -2.38. The molecule has 0 saturated heterocycles. The molecule has 1 aromatic carbocycles. The van der Waals surface area contributed by atoms with E-state index in [1.807, 2.05) is 18.9 Å². The first-order valence-corrected chi connectivity index (χ1v) is 6.62. The largest absolute Gasteiger partial charge is 0.394 e. The Bertz CT molecular complexity index is 394.